The van der Waals surface area contributed by atoms with E-state index < -0.39 is 5.97 Å². The van der Waals surface area contributed by atoms with Gasteiger partial charge in [0.25, 0.3) is 0 Å². The SMILES string of the molecule is CCN(CCOC)c1nc(C)c(C(=O)O)s1. The molecule has 6 heteroatoms. The molecule has 0 aromatic carbocycles. The smallest absolute Gasteiger partial charge is 0.347 e. The number of carboxylic acids is 1. The normalized spacial score (nSPS) is 10.4. The minimum absolute atomic E-state index is 0.311. The average Bonchev–Trinajstić information content (AvgIpc) is 2.62. The van der Waals surface area contributed by atoms with Gasteiger partial charge in [0.05, 0.1) is 12.3 Å². The lowest BCUT2D eigenvalue weighted by Crippen LogP contribution is -2.26. The van der Waals surface area contributed by atoms with Crippen LogP contribution in [0.4, 0.5) is 5.13 Å². The molecule has 90 valence electrons. The van der Waals surface area contributed by atoms with Crippen molar-refractivity contribution in [3.63, 3.8) is 0 Å². The number of hydrogen-bond acceptors (Lipinski definition) is 5. The van der Waals surface area contributed by atoms with E-state index in [1.165, 1.54) is 11.3 Å². The molecule has 0 atom stereocenters. The highest BCUT2D eigenvalue weighted by atomic mass is 32.1. The van der Waals surface area contributed by atoms with E-state index in [1.807, 2.05) is 11.8 Å². The van der Waals surface area contributed by atoms with Crippen molar-refractivity contribution in [3.05, 3.63) is 10.6 Å². The van der Waals surface area contributed by atoms with Gasteiger partial charge >= 0.3 is 5.97 Å². The molecular weight excluding hydrogens is 228 g/mol. The molecule has 0 saturated heterocycles. The molecule has 1 heterocycles. The number of carbonyl (C=O) groups is 1. The highest BCUT2D eigenvalue weighted by molar-refractivity contribution is 7.17. The summed E-state index contributed by atoms with van der Waals surface area (Å²) in [5.41, 5.74) is 0.573. The molecule has 0 bridgehead atoms. The molecule has 16 heavy (non-hydrogen) atoms. The van der Waals surface area contributed by atoms with Gasteiger partial charge < -0.3 is 14.7 Å². The molecule has 5 nitrogen and oxygen atoms in total. The third-order valence-corrected chi connectivity index (χ3v) is 3.40. The van der Waals surface area contributed by atoms with E-state index in [-0.39, 0.29) is 0 Å². The van der Waals surface area contributed by atoms with Crippen LogP contribution in [0.15, 0.2) is 0 Å². The fraction of sp³-hybridized carbons (Fsp3) is 0.600. The number of hydrogen-bond donors (Lipinski definition) is 1. The highest BCUT2D eigenvalue weighted by Crippen LogP contribution is 2.25. The Morgan fingerprint density at radius 2 is 2.31 bits per heavy atom. The lowest BCUT2D eigenvalue weighted by atomic mass is 10.4. The molecule has 1 aromatic heterocycles. The first-order valence-corrected chi connectivity index (χ1v) is 5.86. The Hall–Kier alpha value is -1.14. The van der Waals surface area contributed by atoms with E-state index in [0.29, 0.717) is 17.2 Å². The number of aromatic nitrogens is 1. The number of aromatic carboxylic acids is 1. The van der Waals surface area contributed by atoms with Gasteiger partial charge in [-0.2, -0.15) is 0 Å². The van der Waals surface area contributed by atoms with Crippen molar-refractivity contribution in [2.45, 2.75) is 13.8 Å². The third kappa shape index (κ3) is 2.93. The molecule has 0 fully saturated rings. The second-order valence-electron chi connectivity index (χ2n) is 3.29. The largest absolute Gasteiger partial charge is 0.477 e. The molecule has 0 spiro atoms. The van der Waals surface area contributed by atoms with Crippen LogP contribution in [0, 0.1) is 6.92 Å². The van der Waals surface area contributed by atoms with Crippen molar-refractivity contribution in [2.75, 3.05) is 31.7 Å². The zero-order valence-electron chi connectivity index (χ0n) is 9.69. The Labute approximate surface area is 98.7 Å². The van der Waals surface area contributed by atoms with E-state index >= 15 is 0 Å². The number of ether oxygens (including phenoxy) is 1. The average molecular weight is 244 g/mol. The summed E-state index contributed by atoms with van der Waals surface area (Å²) in [5, 5.41) is 9.68. The first-order chi connectivity index (χ1) is 7.60. The predicted molar refractivity (Wildman–Crippen MR) is 63.6 cm³/mol. The van der Waals surface area contributed by atoms with Gasteiger partial charge in [-0.3, -0.25) is 0 Å². The lowest BCUT2D eigenvalue weighted by molar-refractivity contribution is 0.0701. The van der Waals surface area contributed by atoms with Crippen LogP contribution in [0.1, 0.15) is 22.3 Å². The number of aryl methyl sites for hydroxylation is 1. The molecular formula is C10H16N2O3S. The van der Waals surface area contributed by atoms with Crippen LogP contribution >= 0.6 is 11.3 Å². The number of methoxy groups -OCH3 is 1. The number of carboxylic acid groups (broad SMARTS) is 1. The standard InChI is InChI=1S/C10H16N2O3S/c1-4-12(5-6-15-3)10-11-7(2)8(16-10)9(13)14/h4-6H2,1-3H3,(H,13,14). The number of likely N-dealkylation sites (N-methyl/N-ethyl adjacent to an activating group) is 1. The molecule has 1 N–H and O–H groups in total. The Morgan fingerprint density at radius 3 is 2.75 bits per heavy atom. The maximum absolute atomic E-state index is 10.9. The highest BCUT2D eigenvalue weighted by Gasteiger charge is 2.17. The lowest BCUT2D eigenvalue weighted by Gasteiger charge is -2.18. The van der Waals surface area contributed by atoms with Gasteiger partial charge in [0, 0.05) is 20.2 Å². The van der Waals surface area contributed by atoms with E-state index in [0.717, 1.165) is 18.2 Å². The zero-order chi connectivity index (χ0) is 12.1. The maximum atomic E-state index is 10.9. The van der Waals surface area contributed by atoms with Gasteiger partial charge in [0.1, 0.15) is 4.88 Å². The topological polar surface area (TPSA) is 62.7 Å². The van der Waals surface area contributed by atoms with Gasteiger partial charge in [-0.05, 0) is 13.8 Å². The summed E-state index contributed by atoms with van der Waals surface area (Å²) >= 11 is 1.21. The summed E-state index contributed by atoms with van der Waals surface area (Å²) in [4.78, 5) is 17.5. The minimum Gasteiger partial charge on any atom is -0.477 e. The van der Waals surface area contributed by atoms with Crippen molar-refractivity contribution in [2.24, 2.45) is 0 Å². The van der Waals surface area contributed by atoms with Crippen molar-refractivity contribution in [1.82, 2.24) is 4.98 Å². The molecule has 0 aliphatic heterocycles. The summed E-state index contributed by atoms with van der Waals surface area (Å²) in [6.07, 6.45) is 0. The fourth-order valence-electron chi connectivity index (χ4n) is 1.31. The first-order valence-electron chi connectivity index (χ1n) is 5.04. The second kappa shape index (κ2) is 5.81. The fourth-order valence-corrected chi connectivity index (χ4v) is 2.30. The summed E-state index contributed by atoms with van der Waals surface area (Å²) in [7, 11) is 1.64. The quantitative estimate of drug-likeness (QED) is 0.824. The Balaban J connectivity index is 2.85. The molecule has 0 saturated carbocycles. The molecule has 1 aromatic rings. The second-order valence-corrected chi connectivity index (χ2v) is 4.27. The van der Waals surface area contributed by atoms with Crippen molar-refractivity contribution in [1.29, 1.82) is 0 Å². The van der Waals surface area contributed by atoms with Gasteiger partial charge in [-0.1, -0.05) is 11.3 Å². The molecule has 0 aliphatic carbocycles. The van der Waals surface area contributed by atoms with Crippen LogP contribution in [-0.4, -0.2) is 42.9 Å². The van der Waals surface area contributed by atoms with Crippen molar-refractivity contribution < 1.29 is 14.6 Å². The number of thiazole rings is 1. The van der Waals surface area contributed by atoms with Gasteiger partial charge in [0.15, 0.2) is 5.13 Å². The number of nitrogens with zero attached hydrogens (tertiary/aromatic N) is 2. The van der Waals surface area contributed by atoms with Gasteiger partial charge in [-0.15, -0.1) is 0 Å². The monoisotopic (exact) mass is 244 g/mol. The summed E-state index contributed by atoms with van der Waals surface area (Å²) in [6, 6.07) is 0. The number of anilines is 1. The molecule has 0 radical (unpaired) electrons. The van der Waals surface area contributed by atoms with Crippen molar-refractivity contribution in [3.8, 4) is 0 Å². The van der Waals surface area contributed by atoms with E-state index in [9.17, 15) is 4.79 Å². The first kappa shape index (κ1) is 12.9. The predicted octanol–water partition coefficient (Wildman–Crippen LogP) is 1.62. The summed E-state index contributed by atoms with van der Waals surface area (Å²) in [5.74, 6) is -0.913. The van der Waals surface area contributed by atoms with E-state index in [1.54, 1.807) is 14.0 Å². The maximum Gasteiger partial charge on any atom is 0.347 e. The Kier molecular flexibility index (Phi) is 4.70. The van der Waals surface area contributed by atoms with Crippen LogP contribution in [0.25, 0.3) is 0 Å². The molecule has 0 amide bonds. The van der Waals surface area contributed by atoms with Gasteiger partial charge in [-0.25, -0.2) is 9.78 Å². The summed E-state index contributed by atoms with van der Waals surface area (Å²) < 4.78 is 5.00. The van der Waals surface area contributed by atoms with Crippen LogP contribution in [0.2, 0.25) is 0 Å². The third-order valence-electron chi connectivity index (χ3n) is 2.20. The summed E-state index contributed by atoms with van der Waals surface area (Å²) in [6.45, 7) is 5.84. The van der Waals surface area contributed by atoms with E-state index in [2.05, 4.69) is 4.98 Å². The molecule has 0 aliphatic rings. The Morgan fingerprint density at radius 1 is 1.62 bits per heavy atom. The van der Waals surface area contributed by atoms with Crippen LogP contribution < -0.4 is 4.90 Å². The Bertz CT molecular complexity index is 365. The van der Waals surface area contributed by atoms with Gasteiger partial charge in [0.2, 0.25) is 0 Å². The number of rotatable bonds is 6. The molecule has 1 rings (SSSR count). The minimum atomic E-state index is -0.913. The zero-order valence-corrected chi connectivity index (χ0v) is 10.5. The van der Waals surface area contributed by atoms with Crippen LogP contribution in [0.5, 0.6) is 0 Å². The molecule has 0 unspecified atom stereocenters. The van der Waals surface area contributed by atoms with Crippen LogP contribution in [0.3, 0.4) is 0 Å². The van der Waals surface area contributed by atoms with Crippen molar-refractivity contribution >= 4 is 22.4 Å². The van der Waals surface area contributed by atoms with Crippen LogP contribution in [-0.2, 0) is 4.74 Å². The van der Waals surface area contributed by atoms with E-state index in [4.69, 9.17) is 9.84 Å².